The fourth-order valence-electron chi connectivity index (χ4n) is 3.88. The van der Waals surface area contributed by atoms with E-state index < -0.39 is 5.25 Å². The van der Waals surface area contributed by atoms with Crippen molar-refractivity contribution < 1.29 is 9.53 Å². The number of aromatic nitrogens is 1. The summed E-state index contributed by atoms with van der Waals surface area (Å²) in [6, 6.07) is 33.1. The van der Waals surface area contributed by atoms with Crippen LogP contribution >= 0.6 is 35.3 Å². The van der Waals surface area contributed by atoms with E-state index in [1.807, 2.05) is 110 Å². The van der Waals surface area contributed by atoms with Crippen LogP contribution in [-0.4, -0.2) is 22.6 Å². The number of thioether (sulfide) groups is 1. The third kappa shape index (κ3) is 7.14. The fraction of sp³-hybridized carbons (Fsp3) is 0.100. The van der Waals surface area contributed by atoms with E-state index in [2.05, 4.69) is 20.9 Å². The molecule has 1 unspecified atom stereocenters. The molecule has 5 aromatic rings. The van der Waals surface area contributed by atoms with Gasteiger partial charge in [-0.1, -0.05) is 65.9 Å². The zero-order chi connectivity index (χ0) is 27.0. The van der Waals surface area contributed by atoms with Crippen LogP contribution in [0.3, 0.4) is 0 Å². The number of thiazole rings is 1. The number of hydrogen-bond acceptors (Lipinski definition) is 6. The zero-order valence-electron chi connectivity index (χ0n) is 21.1. The Bertz CT molecular complexity index is 1580. The van der Waals surface area contributed by atoms with Gasteiger partial charge < -0.3 is 20.7 Å². The molecule has 3 N–H and O–H groups in total. The van der Waals surface area contributed by atoms with Gasteiger partial charge in [-0.2, -0.15) is 0 Å². The number of anilines is 3. The number of thiocarbonyl (C=S) groups is 1. The Morgan fingerprint density at radius 2 is 1.62 bits per heavy atom. The van der Waals surface area contributed by atoms with E-state index >= 15 is 0 Å². The predicted octanol–water partition coefficient (Wildman–Crippen LogP) is 7.98. The van der Waals surface area contributed by atoms with Crippen molar-refractivity contribution in [3.8, 4) is 5.75 Å². The number of ether oxygens (including phenoxy) is 1. The van der Waals surface area contributed by atoms with E-state index in [0.29, 0.717) is 16.9 Å². The normalized spacial score (nSPS) is 11.5. The molecular weight excluding hydrogens is 545 g/mol. The summed E-state index contributed by atoms with van der Waals surface area (Å²) in [7, 11) is 0. The summed E-state index contributed by atoms with van der Waals surface area (Å²) in [5.41, 5.74) is 3.46. The monoisotopic (exact) mass is 570 g/mol. The summed E-state index contributed by atoms with van der Waals surface area (Å²) in [5.74, 6) is 0.645. The van der Waals surface area contributed by atoms with Gasteiger partial charge in [0.1, 0.15) is 11.0 Å². The molecule has 0 spiro atoms. The van der Waals surface area contributed by atoms with Gasteiger partial charge in [0.15, 0.2) is 10.2 Å². The standard InChI is InChI=1S/C30H26N4O2S3/c1-2-36-23-16-17-25-26(19-23)39-30(33-25)34-28(35)27(20-10-5-3-6-11-20)38-24-15-9-14-22(18-24)32-29(37)31-21-12-7-4-8-13-21/h3-19,27H,2H2,1H3,(H2,31,32,37)(H,33,34,35). The summed E-state index contributed by atoms with van der Waals surface area (Å²) < 4.78 is 6.56. The first-order chi connectivity index (χ1) is 19.1. The molecule has 0 aliphatic carbocycles. The van der Waals surface area contributed by atoms with Crippen molar-refractivity contribution in [2.75, 3.05) is 22.6 Å². The van der Waals surface area contributed by atoms with Crippen LogP contribution in [0.2, 0.25) is 0 Å². The number of amides is 1. The number of carbonyl (C=O) groups excluding carboxylic acids is 1. The van der Waals surface area contributed by atoms with Crippen molar-refractivity contribution in [2.45, 2.75) is 17.1 Å². The molecule has 1 amide bonds. The Hall–Kier alpha value is -3.92. The quantitative estimate of drug-likeness (QED) is 0.123. The Morgan fingerprint density at radius 1 is 0.897 bits per heavy atom. The number of fused-ring (bicyclic) bond motifs is 1. The van der Waals surface area contributed by atoms with Crippen LogP contribution in [0, 0.1) is 0 Å². The number of nitrogens with zero attached hydrogens (tertiary/aromatic N) is 1. The highest BCUT2D eigenvalue weighted by atomic mass is 32.2. The highest BCUT2D eigenvalue weighted by molar-refractivity contribution is 8.00. The fourth-order valence-corrected chi connectivity index (χ4v) is 6.10. The van der Waals surface area contributed by atoms with Gasteiger partial charge >= 0.3 is 0 Å². The van der Waals surface area contributed by atoms with Crippen molar-refractivity contribution in [3.63, 3.8) is 0 Å². The van der Waals surface area contributed by atoms with E-state index in [9.17, 15) is 4.79 Å². The first-order valence-electron chi connectivity index (χ1n) is 12.4. The summed E-state index contributed by atoms with van der Waals surface area (Å²) >= 11 is 8.39. The molecule has 39 heavy (non-hydrogen) atoms. The molecule has 0 saturated carbocycles. The lowest BCUT2D eigenvalue weighted by Crippen LogP contribution is -2.19. The molecule has 196 valence electrons. The first-order valence-corrected chi connectivity index (χ1v) is 14.5. The van der Waals surface area contributed by atoms with Gasteiger partial charge in [0, 0.05) is 16.3 Å². The van der Waals surface area contributed by atoms with E-state index in [0.717, 1.165) is 37.8 Å². The van der Waals surface area contributed by atoms with Gasteiger partial charge in [-0.3, -0.25) is 4.79 Å². The minimum Gasteiger partial charge on any atom is -0.494 e. The van der Waals surface area contributed by atoms with Gasteiger partial charge in [-0.25, -0.2) is 4.98 Å². The van der Waals surface area contributed by atoms with Crippen LogP contribution in [0.15, 0.2) is 108 Å². The summed E-state index contributed by atoms with van der Waals surface area (Å²) in [5, 5.41) is 10.0. The third-order valence-corrected chi connectivity index (χ3v) is 8.00. The Morgan fingerprint density at radius 3 is 2.38 bits per heavy atom. The largest absolute Gasteiger partial charge is 0.494 e. The van der Waals surface area contributed by atoms with Crippen molar-refractivity contribution in [3.05, 3.63) is 109 Å². The van der Waals surface area contributed by atoms with Crippen molar-refractivity contribution >= 4 is 73.1 Å². The number of carbonyl (C=O) groups is 1. The number of hydrogen-bond donors (Lipinski definition) is 3. The van der Waals surface area contributed by atoms with E-state index in [-0.39, 0.29) is 5.91 Å². The maximum atomic E-state index is 13.6. The minimum atomic E-state index is -0.484. The Kier molecular flexibility index (Phi) is 8.72. The van der Waals surface area contributed by atoms with Gasteiger partial charge in [-0.15, -0.1) is 11.8 Å². The average molecular weight is 571 g/mol. The lowest BCUT2D eigenvalue weighted by Gasteiger charge is -2.17. The first kappa shape index (κ1) is 26.7. The van der Waals surface area contributed by atoms with Gasteiger partial charge in [0.2, 0.25) is 5.91 Å². The molecule has 0 fully saturated rings. The minimum absolute atomic E-state index is 0.144. The molecule has 6 nitrogen and oxygen atoms in total. The van der Waals surface area contributed by atoms with Crippen LogP contribution in [0.5, 0.6) is 5.75 Å². The lowest BCUT2D eigenvalue weighted by atomic mass is 10.1. The predicted molar refractivity (Wildman–Crippen MR) is 167 cm³/mol. The summed E-state index contributed by atoms with van der Waals surface area (Å²) in [6.45, 7) is 2.54. The molecule has 0 aliphatic heterocycles. The second-order valence-electron chi connectivity index (χ2n) is 8.45. The van der Waals surface area contributed by atoms with Crippen LogP contribution in [0.4, 0.5) is 16.5 Å². The van der Waals surface area contributed by atoms with Gasteiger partial charge in [0.05, 0.1) is 16.8 Å². The van der Waals surface area contributed by atoms with Crippen LogP contribution < -0.4 is 20.7 Å². The molecule has 1 heterocycles. The Balaban J connectivity index is 1.32. The highest BCUT2D eigenvalue weighted by Gasteiger charge is 2.23. The number of benzene rings is 4. The highest BCUT2D eigenvalue weighted by Crippen LogP contribution is 2.38. The number of para-hydroxylation sites is 1. The van der Waals surface area contributed by atoms with E-state index in [4.69, 9.17) is 17.0 Å². The topological polar surface area (TPSA) is 75.3 Å². The molecule has 1 atom stereocenters. The molecule has 0 saturated heterocycles. The molecular formula is C30H26N4O2S3. The molecule has 4 aromatic carbocycles. The zero-order valence-corrected chi connectivity index (χ0v) is 23.5. The summed E-state index contributed by atoms with van der Waals surface area (Å²) in [4.78, 5) is 19.1. The van der Waals surface area contributed by atoms with E-state index in [1.54, 1.807) is 0 Å². The molecule has 0 radical (unpaired) electrons. The summed E-state index contributed by atoms with van der Waals surface area (Å²) in [6.07, 6.45) is 0. The third-order valence-electron chi connectivity index (χ3n) is 5.62. The Labute approximate surface area is 240 Å². The molecule has 1 aromatic heterocycles. The molecule has 0 bridgehead atoms. The molecule has 9 heteroatoms. The second-order valence-corrected chi connectivity index (χ2v) is 11.1. The van der Waals surface area contributed by atoms with Crippen LogP contribution in [0.25, 0.3) is 10.2 Å². The van der Waals surface area contributed by atoms with E-state index in [1.165, 1.54) is 23.1 Å². The van der Waals surface area contributed by atoms with Crippen molar-refractivity contribution in [2.24, 2.45) is 0 Å². The molecule has 0 aliphatic rings. The lowest BCUT2D eigenvalue weighted by molar-refractivity contribution is -0.115. The average Bonchev–Trinajstić information content (AvgIpc) is 3.34. The van der Waals surface area contributed by atoms with Crippen molar-refractivity contribution in [1.82, 2.24) is 4.98 Å². The maximum absolute atomic E-state index is 13.6. The van der Waals surface area contributed by atoms with Crippen molar-refractivity contribution in [1.29, 1.82) is 0 Å². The van der Waals surface area contributed by atoms with Gasteiger partial charge in [-0.05, 0) is 73.2 Å². The smallest absolute Gasteiger partial charge is 0.244 e. The maximum Gasteiger partial charge on any atom is 0.244 e. The van der Waals surface area contributed by atoms with Crippen LogP contribution in [-0.2, 0) is 4.79 Å². The SMILES string of the molecule is CCOc1ccc2nc(NC(=O)C(Sc3cccc(NC(=S)Nc4ccccc4)c3)c3ccccc3)sc2c1. The van der Waals surface area contributed by atoms with Gasteiger partial charge in [0.25, 0.3) is 0 Å². The second kappa shape index (κ2) is 12.8. The number of nitrogens with one attached hydrogen (secondary N) is 3. The molecule has 5 rings (SSSR count). The number of rotatable bonds is 9. The van der Waals surface area contributed by atoms with Crippen LogP contribution in [0.1, 0.15) is 17.7 Å².